The summed E-state index contributed by atoms with van der Waals surface area (Å²) in [5.74, 6) is 0. The van der Waals surface area contributed by atoms with Gasteiger partial charge in [0.1, 0.15) is 13.1 Å². The molecule has 0 radical (unpaired) electrons. The molecule has 2 aromatic rings. The number of ether oxygens (including phenoxy) is 2. The molecule has 0 saturated heterocycles. The fraction of sp³-hybridized carbons (Fsp3) is 0.536. The van der Waals surface area contributed by atoms with Gasteiger partial charge in [0.2, 0.25) is 0 Å². The molecule has 0 aliphatic heterocycles. The van der Waals surface area contributed by atoms with Crippen molar-refractivity contribution in [3.63, 3.8) is 0 Å². The van der Waals surface area contributed by atoms with E-state index in [1.54, 1.807) is 0 Å². The lowest BCUT2D eigenvalue weighted by atomic mass is 10.0. The van der Waals surface area contributed by atoms with E-state index in [9.17, 15) is 9.59 Å². The lowest BCUT2D eigenvalue weighted by Gasteiger charge is -2.42. The summed E-state index contributed by atoms with van der Waals surface area (Å²) in [5.41, 5.74) is 0. The van der Waals surface area contributed by atoms with Crippen molar-refractivity contribution in [2.24, 2.45) is 0 Å². The van der Waals surface area contributed by atoms with Gasteiger partial charge in [-0.05, 0) is 47.1 Å². The molecule has 0 amide bonds. The van der Waals surface area contributed by atoms with E-state index in [0.717, 1.165) is 55.0 Å². The Hall–Kier alpha value is -1.58. The fourth-order valence-corrected chi connectivity index (χ4v) is 8.84. The summed E-state index contributed by atoms with van der Waals surface area (Å²) in [6.07, 6.45) is 4.80. The number of carbonyl (C=O) groups is 1. The lowest BCUT2D eigenvalue weighted by Crippen LogP contribution is -2.65. The maximum absolute atomic E-state index is 12.4. The third kappa shape index (κ3) is 8.57. The van der Waals surface area contributed by atoms with Crippen molar-refractivity contribution in [3.05, 3.63) is 60.7 Å². The van der Waals surface area contributed by atoms with Crippen LogP contribution in [0.1, 0.15) is 46.0 Å². The predicted octanol–water partition coefficient (Wildman–Crippen LogP) is 5.37. The van der Waals surface area contributed by atoms with E-state index >= 15 is 0 Å². The van der Waals surface area contributed by atoms with Crippen LogP contribution in [0.2, 0.25) is 30.7 Å². The van der Waals surface area contributed by atoms with Gasteiger partial charge in [-0.15, -0.1) is 0 Å². The number of unbranched alkanes of at least 4 members (excludes halogenated alkanes) is 1. The van der Waals surface area contributed by atoms with Crippen molar-refractivity contribution in [2.75, 3.05) is 13.4 Å². The smallest absolute Gasteiger partial charge is 0.258 e. The summed E-state index contributed by atoms with van der Waals surface area (Å²) in [6, 6.07) is 21.4. The normalized spacial score (nSPS) is 13.6. The SMILES string of the molecule is CC(C)(CC[C@@H](CCCC=O)OCOCC[Si](C)(C)C)[Si](O)(c1ccccc1)c1ccccc1. The van der Waals surface area contributed by atoms with Crippen LogP contribution in [0, 0.1) is 0 Å². The highest BCUT2D eigenvalue weighted by atomic mass is 28.4. The van der Waals surface area contributed by atoms with Gasteiger partial charge in [0.05, 0.1) is 6.10 Å². The van der Waals surface area contributed by atoms with Gasteiger partial charge < -0.3 is 19.1 Å². The molecule has 0 saturated carbocycles. The van der Waals surface area contributed by atoms with E-state index in [0.29, 0.717) is 6.42 Å². The summed E-state index contributed by atoms with van der Waals surface area (Å²) in [7, 11) is -4.17. The van der Waals surface area contributed by atoms with Crippen molar-refractivity contribution < 1.29 is 19.1 Å². The second-order valence-corrected chi connectivity index (χ2v) is 20.6. The van der Waals surface area contributed by atoms with Crippen LogP contribution in [0.25, 0.3) is 0 Å². The van der Waals surface area contributed by atoms with Gasteiger partial charge in [-0.25, -0.2) is 0 Å². The first kappa shape index (κ1) is 28.7. The lowest BCUT2D eigenvalue weighted by molar-refractivity contribution is -0.108. The monoisotopic (exact) mass is 500 g/mol. The van der Waals surface area contributed by atoms with Crippen LogP contribution in [0.4, 0.5) is 0 Å². The molecule has 2 aromatic carbocycles. The first-order chi connectivity index (χ1) is 16.1. The first-order valence-electron chi connectivity index (χ1n) is 12.6. The Balaban J connectivity index is 2.12. The molecule has 0 aliphatic rings. The molecule has 0 aromatic heterocycles. The highest BCUT2D eigenvalue weighted by molar-refractivity contribution is 6.98. The minimum atomic E-state index is -3.04. The third-order valence-corrected chi connectivity index (χ3v) is 12.9. The van der Waals surface area contributed by atoms with Crippen LogP contribution in [0.5, 0.6) is 0 Å². The summed E-state index contributed by atoms with van der Waals surface area (Å²) in [5, 5.41) is 1.74. The standard InChI is InChI=1S/C28H44O4Si2/c1-28(2,34(30,26-15-8-6-9-16-26)27-17-10-7-11-18-27)20-19-25(14-12-13-21-29)32-24-31-22-23-33(3,4)5/h6-11,15-18,21,25,30H,12-14,19-20,22-24H2,1-5H3/t25-/m1/s1. The van der Waals surface area contributed by atoms with E-state index in [4.69, 9.17) is 9.47 Å². The molecule has 0 spiro atoms. The number of hydrogen-bond acceptors (Lipinski definition) is 4. The predicted molar refractivity (Wildman–Crippen MR) is 147 cm³/mol. The van der Waals surface area contributed by atoms with Crippen molar-refractivity contribution in [1.82, 2.24) is 0 Å². The zero-order valence-electron chi connectivity index (χ0n) is 21.8. The molecule has 0 aliphatic carbocycles. The van der Waals surface area contributed by atoms with E-state index in [-0.39, 0.29) is 17.9 Å². The molecule has 0 heterocycles. The van der Waals surface area contributed by atoms with Gasteiger partial charge in [-0.3, -0.25) is 0 Å². The quantitative estimate of drug-likeness (QED) is 0.146. The summed E-state index contributed by atoms with van der Waals surface area (Å²) in [4.78, 5) is 23.2. The molecule has 6 heteroatoms. The Morgan fingerprint density at radius 1 is 0.941 bits per heavy atom. The van der Waals surface area contributed by atoms with Crippen LogP contribution < -0.4 is 10.4 Å². The second-order valence-electron chi connectivity index (χ2n) is 11.1. The van der Waals surface area contributed by atoms with Gasteiger partial charge >= 0.3 is 0 Å². The molecule has 0 bridgehead atoms. The molecule has 188 valence electrons. The Labute approximate surface area is 208 Å². The average molecular weight is 501 g/mol. The molecular weight excluding hydrogens is 456 g/mol. The maximum atomic E-state index is 12.4. The molecule has 0 unspecified atom stereocenters. The number of benzene rings is 2. The molecular formula is C28H44O4Si2. The topological polar surface area (TPSA) is 55.8 Å². The molecule has 1 N–H and O–H groups in total. The van der Waals surface area contributed by atoms with Crippen LogP contribution in [-0.2, 0) is 14.3 Å². The molecule has 2 rings (SSSR count). The maximum Gasteiger partial charge on any atom is 0.258 e. The number of aldehydes is 1. The van der Waals surface area contributed by atoms with Crippen LogP contribution in [0.3, 0.4) is 0 Å². The first-order valence-corrected chi connectivity index (χ1v) is 18.2. The third-order valence-electron chi connectivity index (χ3n) is 6.69. The van der Waals surface area contributed by atoms with Gasteiger partial charge in [-0.2, -0.15) is 0 Å². The Morgan fingerprint density at radius 2 is 1.50 bits per heavy atom. The van der Waals surface area contributed by atoms with Gasteiger partial charge in [-0.1, -0.05) is 94.2 Å². The largest absolute Gasteiger partial charge is 0.424 e. The van der Waals surface area contributed by atoms with Crippen molar-refractivity contribution >= 4 is 33.1 Å². The Morgan fingerprint density at radius 3 is 2.00 bits per heavy atom. The molecule has 34 heavy (non-hydrogen) atoms. The van der Waals surface area contributed by atoms with Crippen LogP contribution in [0.15, 0.2) is 60.7 Å². The second kappa shape index (κ2) is 13.5. The molecule has 0 fully saturated rings. The van der Waals surface area contributed by atoms with E-state index < -0.39 is 16.4 Å². The van der Waals surface area contributed by atoms with Crippen LogP contribution in [-0.4, -0.2) is 47.0 Å². The van der Waals surface area contributed by atoms with Gasteiger partial charge in [0.15, 0.2) is 0 Å². The minimum absolute atomic E-state index is 0.0101. The van der Waals surface area contributed by atoms with E-state index in [2.05, 4.69) is 57.8 Å². The minimum Gasteiger partial charge on any atom is -0.424 e. The fourth-order valence-electron chi connectivity index (χ4n) is 4.33. The summed E-state index contributed by atoms with van der Waals surface area (Å²) in [6.45, 7) is 12.4. The summed E-state index contributed by atoms with van der Waals surface area (Å²) >= 11 is 0. The van der Waals surface area contributed by atoms with E-state index in [1.165, 1.54) is 0 Å². The van der Waals surface area contributed by atoms with Crippen molar-refractivity contribution in [3.8, 4) is 0 Å². The average Bonchev–Trinajstić information content (AvgIpc) is 2.81. The summed E-state index contributed by atoms with van der Waals surface area (Å²) < 4.78 is 11.9. The van der Waals surface area contributed by atoms with Crippen LogP contribution >= 0.6 is 0 Å². The van der Waals surface area contributed by atoms with Gasteiger partial charge in [0.25, 0.3) is 8.32 Å². The van der Waals surface area contributed by atoms with E-state index in [1.807, 2.05) is 36.4 Å². The van der Waals surface area contributed by atoms with Crippen molar-refractivity contribution in [1.29, 1.82) is 0 Å². The highest BCUT2D eigenvalue weighted by Gasteiger charge is 2.49. The zero-order chi connectivity index (χ0) is 25.1. The number of hydrogen-bond donors (Lipinski definition) is 1. The highest BCUT2D eigenvalue weighted by Crippen LogP contribution is 2.40. The Kier molecular flexibility index (Phi) is 11.4. The zero-order valence-corrected chi connectivity index (χ0v) is 23.8. The Bertz CT molecular complexity index is 795. The molecule has 4 nitrogen and oxygen atoms in total. The van der Waals surface area contributed by atoms with Crippen molar-refractivity contribution in [2.45, 2.75) is 82.8 Å². The number of rotatable bonds is 16. The molecule has 1 atom stereocenters. The number of carbonyl (C=O) groups excluding carboxylic acids is 1. The van der Waals surface area contributed by atoms with Gasteiger partial charge in [0, 0.05) is 21.1 Å².